The molecule has 27 heavy (non-hydrogen) atoms. The molecule has 3 aromatic heterocycles. The number of ether oxygens (including phenoxy) is 1. The van der Waals surface area contributed by atoms with E-state index in [1.807, 2.05) is 24.3 Å². The number of aromatic hydroxyl groups is 1. The number of carboxylic acids is 1. The SMILES string of the molecule is COc1ccc(Cn2cc3nc(-n4cc(C(=O)O)cn4)nc(O)c3n2)cc1. The molecular formula is C17H14N6O4. The third-order valence-electron chi connectivity index (χ3n) is 3.92. The van der Waals surface area contributed by atoms with Gasteiger partial charge in [0.05, 0.1) is 31.6 Å². The summed E-state index contributed by atoms with van der Waals surface area (Å²) >= 11 is 0. The van der Waals surface area contributed by atoms with E-state index in [4.69, 9.17) is 9.84 Å². The molecule has 0 saturated carbocycles. The van der Waals surface area contributed by atoms with E-state index in [9.17, 15) is 9.90 Å². The van der Waals surface area contributed by atoms with Crippen molar-refractivity contribution in [2.75, 3.05) is 7.11 Å². The van der Waals surface area contributed by atoms with E-state index < -0.39 is 5.97 Å². The summed E-state index contributed by atoms with van der Waals surface area (Å²) in [5, 5.41) is 27.4. The van der Waals surface area contributed by atoms with Gasteiger partial charge in [0.15, 0.2) is 5.52 Å². The third kappa shape index (κ3) is 3.15. The number of hydrogen-bond acceptors (Lipinski definition) is 7. The first-order valence-corrected chi connectivity index (χ1v) is 7.89. The maximum Gasteiger partial charge on any atom is 0.338 e. The number of fused-ring (bicyclic) bond motifs is 1. The van der Waals surface area contributed by atoms with Crippen molar-refractivity contribution in [1.29, 1.82) is 0 Å². The Hall–Kier alpha value is -3.95. The van der Waals surface area contributed by atoms with E-state index >= 15 is 0 Å². The molecule has 0 saturated heterocycles. The number of methoxy groups -OCH3 is 1. The van der Waals surface area contributed by atoms with Crippen LogP contribution in [-0.2, 0) is 6.54 Å². The number of aromatic nitrogens is 6. The zero-order valence-corrected chi connectivity index (χ0v) is 14.1. The van der Waals surface area contributed by atoms with Crippen LogP contribution in [0.1, 0.15) is 15.9 Å². The van der Waals surface area contributed by atoms with Gasteiger partial charge < -0.3 is 14.9 Å². The number of benzene rings is 1. The average Bonchev–Trinajstić information content (AvgIpc) is 3.29. The summed E-state index contributed by atoms with van der Waals surface area (Å²) in [5.41, 5.74) is 1.65. The van der Waals surface area contributed by atoms with Gasteiger partial charge in [0.25, 0.3) is 5.95 Å². The molecular weight excluding hydrogens is 352 g/mol. The highest BCUT2D eigenvalue weighted by Gasteiger charge is 2.15. The number of hydrogen-bond donors (Lipinski definition) is 2. The summed E-state index contributed by atoms with van der Waals surface area (Å²) < 4.78 is 7.96. The Morgan fingerprint density at radius 2 is 1.96 bits per heavy atom. The number of rotatable bonds is 5. The van der Waals surface area contributed by atoms with Crippen molar-refractivity contribution >= 4 is 17.0 Å². The predicted molar refractivity (Wildman–Crippen MR) is 93.2 cm³/mol. The van der Waals surface area contributed by atoms with Crippen LogP contribution in [0.3, 0.4) is 0 Å². The molecule has 2 N–H and O–H groups in total. The van der Waals surface area contributed by atoms with Gasteiger partial charge in [-0.25, -0.2) is 14.5 Å². The van der Waals surface area contributed by atoms with Gasteiger partial charge >= 0.3 is 5.97 Å². The molecule has 0 aliphatic carbocycles. The van der Waals surface area contributed by atoms with Gasteiger partial charge in [0.2, 0.25) is 5.88 Å². The summed E-state index contributed by atoms with van der Waals surface area (Å²) in [6.07, 6.45) is 4.12. The van der Waals surface area contributed by atoms with Crippen LogP contribution >= 0.6 is 0 Å². The Morgan fingerprint density at radius 3 is 2.63 bits per heavy atom. The fourth-order valence-corrected chi connectivity index (χ4v) is 2.58. The predicted octanol–water partition coefficient (Wildman–Crippen LogP) is 1.47. The average molecular weight is 366 g/mol. The van der Waals surface area contributed by atoms with Crippen molar-refractivity contribution in [1.82, 2.24) is 29.5 Å². The topological polar surface area (TPSA) is 128 Å². The van der Waals surface area contributed by atoms with Crippen molar-refractivity contribution in [3.8, 4) is 17.6 Å². The van der Waals surface area contributed by atoms with Gasteiger partial charge in [-0.1, -0.05) is 12.1 Å². The first-order chi connectivity index (χ1) is 13.0. The molecule has 0 bridgehead atoms. The lowest BCUT2D eigenvalue weighted by Crippen LogP contribution is -2.02. The fourth-order valence-electron chi connectivity index (χ4n) is 2.58. The molecule has 10 heteroatoms. The Balaban J connectivity index is 1.67. The van der Waals surface area contributed by atoms with Crippen LogP contribution in [0.5, 0.6) is 11.6 Å². The van der Waals surface area contributed by atoms with Gasteiger partial charge in [-0.15, -0.1) is 0 Å². The highest BCUT2D eigenvalue weighted by Crippen LogP contribution is 2.21. The highest BCUT2D eigenvalue weighted by atomic mass is 16.5. The highest BCUT2D eigenvalue weighted by molar-refractivity contribution is 5.87. The zero-order chi connectivity index (χ0) is 19.0. The van der Waals surface area contributed by atoms with Crippen molar-refractivity contribution in [3.05, 3.63) is 54.0 Å². The lowest BCUT2D eigenvalue weighted by atomic mass is 10.2. The number of aromatic carboxylic acids is 1. The molecule has 3 heterocycles. The van der Waals surface area contributed by atoms with Gasteiger partial charge in [-0.05, 0) is 17.7 Å². The normalized spacial score (nSPS) is 11.0. The van der Waals surface area contributed by atoms with Crippen LogP contribution in [0.25, 0.3) is 17.0 Å². The molecule has 0 aliphatic heterocycles. The Kier molecular flexibility index (Phi) is 3.92. The molecule has 0 fully saturated rings. The van der Waals surface area contributed by atoms with Crippen LogP contribution in [-0.4, -0.2) is 52.8 Å². The monoisotopic (exact) mass is 366 g/mol. The Bertz CT molecular complexity index is 1130. The summed E-state index contributed by atoms with van der Waals surface area (Å²) in [4.78, 5) is 19.2. The third-order valence-corrected chi connectivity index (χ3v) is 3.92. The second-order valence-electron chi connectivity index (χ2n) is 5.73. The number of nitrogens with zero attached hydrogens (tertiary/aromatic N) is 6. The van der Waals surface area contributed by atoms with E-state index in [0.717, 1.165) is 11.3 Å². The second-order valence-corrected chi connectivity index (χ2v) is 5.73. The quantitative estimate of drug-likeness (QED) is 0.543. The Morgan fingerprint density at radius 1 is 1.19 bits per heavy atom. The van der Waals surface area contributed by atoms with Crippen LogP contribution in [0, 0.1) is 0 Å². The standard InChI is InChI=1S/C17H14N6O4/c1-27-12-4-2-10(3-5-12)7-22-9-13-14(21-22)15(24)20-17(19-13)23-8-11(6-18-23)16(25)26/h2-6,8-9H,7H2,1H3,(H,25,26)(H,19,20,24). The van der Waals surface area contributed by atoms with Gasteiger partial charge in [-0.2, -0.15) is 15.2 Å². The molecule has 0 spiro atoms. The first-order valence-electron chi connectivity index (χ1n) is 7.89. The van der Waals surface area contributed by atoms with Crippen molar-refractivity contribution in [2.45, 2.75) is 6.54 Å². The molecule has 1 aromatic carbocycles. The molecule has 4 rings (SSSR count). The van der Waals surface area contributed by atoms with Crippen LogP contribution in [0.4, 0.5) is 0 Å². The summed E-state index contributed by atoms with van der Waals surface area (Å²) in [7, 11) is 1.60. The maximum atomic E-state index is 11.0. The van der Waals surface area contributed by atoms with Crippen LogP contribution in [0.15, 0.2) is 42.9 Å². The largest absolute Gasteiger partial charge is 0.497 e. The summed E-state index contributed by atoms with van der Waals surface area (Å²) in [6, 6.07) is 7.54. The van der Waals surface area contributed by atoms with Crippen LogP contribution < -0.4 is 4.74 Å². The Labute approximate surface area is 152 Å². The molecule has 136 valence electrons. The maximum absolute atomic E-state index is 11.0. The van der Waals surface area contributed by atoms with Crippen LogP contribution in [0.2, 0.25) is 0 Å². The van der Waals surface area contributed by atoms with E-state index in [1.54, 1.807) is 18.0 Å². The minimum atomic E-state index is -1.11. The van der Waals surface area contributed by atoms with E-state index in [1.165, 1.54) is 17.1 Å². The molecule has 0 amide bonds. The molecule has 4 aromatic rings. The smallest absolute Gasteiger partial charge is 0.338 e. The molecule has 10 nitrogen and oxygen atoms in total. The summed E-state index contributed by atoms with van der Waals surface area (Å²) in [5.74, 6) is -0.608. The van der Waals surface area contributed by atoms with Gasteiger partial charge in [0, 0.05) is 6.20 Å². The lowest BCUT2D eigenvalue weighted by Gasteiger charge is -2.03. The number of carboxylic acid groups (broad SMARTS) is 1. The zero-order valence-electron chi connectivity index (χ0n) is 14.1. The minimum absolute atomic E-state index is 0.00612. The van der Waals surface area contributed by atoms with Crippen molar-refractivity contribution in [2.24, 2.45) is 0 Å². The first kappa shape index (κ1) is 16.5. The number of carbonyl (C=O) groups is 1. The van der Waals surface area contributed by atoms with E-state index in [2.05, 4.69) is 20.2 Å². The second kappa shape index (κ2) is 6.41. The van der Waals surface area contributed by atoms with Gasteiger partial charge in [0.1, 0.15) is 11.3 Å². The van der Waals surface area contributed by atoms with Gasteiger partial charge in [-0.3, -0.25) is 4.68 Å². The minimum Gasteiger partial charge on any atom is -0.497 e. The summed E-state index contributed by atoms with van der Waals surface area (Å²) in [6.45, 7) is 0.472. The molecule has 0 radical (unpaired) electrons. The molecule has 0 unspecified atom stereocenters. The fraction of sp³-hybridized carbons (Fsp3) is 0.118. The van der Waals surface area contributed by atoms with E-state index in [-0.39, 0.29) is 22.9 Å². The van der Waals surface area contributed by atoms with E-state index in [0.29, 0.717) is 12.1 Å². The lowest BCUT2D eigenvalue weighted by molar-refractivity contribution is 0.0697. The van der Waals surface area contributed by atoms with Crippen molar-refractivity contribution < 1.29 is 19.7 Å². The molecule has 0 aliphatic rings. The molecule has 0 atom stereocenters. The van der Waals surface area contributed by atoms with Crippen molar-refractivity contribution in [3.63, 3.8) is 0 Å².